The lowest BCUT2D eigenvalue weighted by molar-refractivity contribution is -0.161. The zero-order valence-electron chi connectivity index (χ0n) is 22.6. The lowest BCUT2D eigenvalue weighted by atomic mass is 10.0. The summed E-state index contributed by atoms with van der Waals surface area (Å²) < 4.78 is 4.78. The van der Waals surface area contributed by atoms with Gasteiger partial charge in [0, 0.05) is 18.9 Å². The predicted molar refractivity (Wildman–Crippen MR) is 145 cm³/mol. The third-order valence-electron chi connectivity index (χ3n) is 6.16. The number of primary amides is 1. The van der Waals surface area contributed by atoms with Gasteiger partial charge in [-0.25, -0.2) is 4.79 Å². The van der Waals surface area contributed by atoms with Gasteiger partial charge in [0.15, 0.2) is 0 Å². The zero-order chi connectivity index (χ0) is 29.1. The first-order chi connectivity index (χ1) is 17.9. The molecule has 216 valence electrons. The average molecular weight is 539 g/mol. The Morgan fingerprint density at radius 3 is 1.97 bits per heavy atom. The van der Waals surface area contributed by atoms with E-state index in [0.29, 0.717) is 12.8 Å². The minimum absolute atomic E-state index is 0.00948. The Morgan fingerprint density at radius 1 is 0.895 bits per heavy atom. The molecule has 1 amide bonds. The number of phenols is 1. The third kappa shape index (κ3) is 17.4. The Balaban J connectivity index is 0.000000875. The van der Waals surface area contributed by atoms with Crippen molar-refractivity contribution in [1.82, 2.24) is 0 Å². The molecule has 4 atom stereocenters. The quantitative estimate of drug-likeness (QED) is 0.0962. The predicted octanol–water partition coefficient (Wildman–Crippen LogP) is 2.10. The Morgan fingerprint density at radius 2 is 1.45 bits per heavy atom. The fourth-order valence-electron chi connectivity index (χ4n) is 3.39. The highest BCUT2D eigenvalue weighted by atomic mass is 16.6. The first kappa shape index (κ1) is 35.0. The average Bonchev–Trinajstić information content (AvgIpc) is 2.86. The Bertz CT molecular complexity index is 848. The van der Waals surface area contributed by atoms with Crippen molar-refractivity contribution in [2.75, 3.05) is 0 Å². The molecule has 0 radical (unpaired) electrons. The van der Waals surface area contributed by atoms with E-state index in [9.17, 15) is 19.2 Å². The Kier molecular flexibility index (Phi) is 18.4. The summed E-state index contributed by atoms with van der Waals surface area (Å²) in [7, 11) is 0. The summed E-state index contributed by atoms with van der Waals surface area (Å²) in [5, 5.41) is 17.5. The maximum Gasteiger partial charge on any atom is 0.330 e. The van der Waals surface area contributed by atoms with Crippen LogP contribution in [0.2, 0.25) is 0 Å². The van der Waals surface area contributed by atoms with E-state index in [2.05, 4.69) is 0 Å². The summed E-state index contributed by atoms with van der Waals surface area (Å²) in [4.78, 5) is 44.3. The molecule has 10 N–H and O–H groups in total. The lowest BCUT2D eigenvalue weighted by Crippen LogP contribution is -2.39. The van der Waals surface area contributed by atoms with Crippen LogP contribution in [0, 0.1) is 5.92 Å². The van der Waals surface area contributed by atoms with E-state index in [-0.39, 0.29) is 36.5 Å². The van der Waals surface area contributed by atoms with Crippen LogP contribution in [-0.4, -0.2) is 52.2 Å². The number of hydrogen-bond acceptors (Lipinski definition) is 9. The summed E-state index contributed by atoms with van der Waals surface area (Å²) >= 11 is 0. The summed E-state index contributed by atoms with van der Waals surface area (Å²) in [5.74, 6) is -2.30. The summed E-state index contributed by atoms with van der Waals surface area (Å²) in [6.45, 7) is 3.79. The van der Waals surface area contributed by atoms with Gasteiger partial charge in [0.1, 0.15) is 17.8 Å². The first-order valence-electron chi connectivity index (χ1n) is 13.2. The standard InChI is InChI=1S/C18H35N3O4.C9H11NO3/c1-3-13(2)17(21)18(24)25-16(23)12-6-4-5-9-14(19)10-7-8-11-15(20)22;10-8(9(12)13)5-6-1-3-7(11)4-2-6/h13-14,17H,3-12,19,21H2,1-2H3,(H2,20,22);1-4,8,11H,5,10H2,(H,12,13)/t13-,14?,17-;8-/m00/s1. The van der Waals surface area contributed by atoms with Crippen molar-refractivity contribution in [3.63, 3.8) is 0 Å². The van der Waals surface area contributed by atoms with Crippen molar-refractivity contribution < 1.29 is 34.1 Å². The van der Waals surface area contributed by atoms with E-state index in [1.54, 1.807) is 12.1 Å². The highest BCUT2D eigenvalue weighted by molar-refractivity contribution is 5.88. The van der Waals surface area contributed by atoms with Crippen LogP contribution in [0.4, 0.5) is 0 Å². The van der Waals surface area contributed by atoms with Gasteiger partial charge in [-0.3, -0.25) is 14.4 Å². The van der Waals surface area contributed by atoms with Crippen LogP contribution in [0.1, 0.15) is 83.6 Å². The minimum atomic E-state index is -1.02. The minimum Gasteiger partial charge on any atom is -0.508 e. The third-order valence-corrected chi connectivity index (χ3v) is 6.16. The molecule has 0 heterocycles. The maximum absolute atomic E-state index is 11.7. The monoisotopic (exact) mass is 538 g/mol. The number of amides is 1. The number of aliphatic carboxylic acids is 1. The molecule has 0 saturated heterocycles. The number of ether oxygens (including phenoxy) is 1. The Hall–Kier alpha value is -3.02. The first-order valence-corrected chi connectivity index (χ1v) is 13.2. The second-order valence-electron chi connectivity index (χ2n) is 9.59. The number of unbranched alkanes of at least 4 members (excludes halogenated alkanes) is 3. The smallest absolute Gasteiger partial charge is 0.330 e. The van der Waals surface area contributed by atoms with Crippen LogP contribution in [0.5, 0.6) is 5.75 Å². The molecule has 0 aliphatic heterocycles. The van der Waals surface area contributed by atoms with E-state index in [4.69, 9.17) is 37.9 Å². The number of rotatable bonds is 17. The van der Waals surface area contributed by atoms with Gasteiger partial charge in [0.2, 0.25) is 5.91 Å². The lowest BCUT2D eigenvalue weighted by Gasteiger charge is -2.15. The highest BCUT2D eigenvalue weighted by Gasteiger charge is 2.23. The van der Waals surface area contributed by atoms with Gasteiger partial charge in [-0.15, -0.1) is 0 Å². The van der Waals surface area contributed by atoms with Crippen LogP contribution >= 0.6 is 0 Å². The largest absolute Gasteiger partial charge is 0.508 e. The van der Waals surface area contributed by atoms with Gasteiger partial charge in [0.25, 0.3) is 0 Å². The molecule has 11 nitrogen and oxygen atoms in total. The van der Waals surface area contributed by atoms with Crippen LogP contribution in [0.25, 0.3) is 0 Å². The van der Waals surface area contributed by atoms with Gasteiger partial charge in [0.05, 0.1) is 0 Å². The molecular formula is C27H46N4O7. The van der Waals surface area contributed by atoms with Crippen molar-refractivity contribution in [2.45, 2.75) is 103 Å². The summed E-state index contributed by atoms with van der Waals surface area (Å²) in [5.41, 5.74) is 22.9. The number of carboxylic acids is 1. The number of carbonyl (C=O) groups excluding carboxylic acids is 3. The number of nitrogens with two attached hydrogens (primary N) is 4. The van der Waals surface area contributed by atoms with Crippen molar-refractivity contribution in [1.29, 1.82) is 0 Å². The number of aromatic hydroxyl groups is 1. The number of phenolic OH excluding ortho intramolecular Hbond substituents is 1. The molecule has 0 spiro atoms. The second-order valence-corrected chi connectivity index (χ2v) is 9.59. The van der Waals surface area contributed by atoms with Crippen LogP contribution in [-0.2, 0) is 30.3 Å². The normalized spacial score (nSPS) is 13.8. The van der Waals surface area contributed by atoms with Crippen molar-refractivity contribution in [2.24, 2.45) is 28.9 Å². The van der Waals surface area contributed by atoms with E-state index in [1.807, 2.05) is 13.8 Å². The molecule has 1 aromatic carbocycles. The number of carboxylic acid groups (broad SMARTS) is 1. The number of carbonyl (C=O) groups is 4. The number of hydrogen-bond donors (Lipinski definition) is 6. The van der Waals surface area contributed by atoms with E-state index < -0.39 is 30.0 Å². The van der Waals surface area contributed by atoms with Crippen molar-refractivity contribution >= 4 is 23.8 Å². The molecule has 1 aromatic rings. The summed E-state index contributed by atoms with van der Waals surface area (Å²) in [6.07, 6.45) is 7.53. The van der Waals surface area contributed by atoms with Crippen LogP contribution in [0.3, 0.4) is 0 Å². The van der Waals surface area contributed by atoms with E-state index in [0.717, 1.165) is 50.5 Å². The molecule has 11 heteroatoms. The highest BCUT2D eigenvalue weighted by Crippen LogP contribution is 2.12. The second kappa shape index (κ2) is 20.0. The van der Waals surface area contributed by atoms with Gasteiger partial charge < -0.3 is 37.9 Å². The van der Waals surface area contributed by atoms with Crippen LogP contribution < -0.4 is 22.9 Å². The molecular weight excluding hydrogens is 492 g/mol. The molecule has 0 aliphatic carbocycles. The van der Waals surface area contributed by atoms with Crippen molar-refractivity contribution in [3.8, 4) is 5.75 Å². The van der Waals surface area contributed by atoms with Gasteiger partial charge in [-0.2, -0.15) is 0 Å². The van der Waals surface area contributed by atoms with Crippen molar-refractivity contribution in [3.05, 3.63) is 29.8 Å². The van der Waals surface area contributed by atoms with Gasteiger partial charge in [-0.1, -0.05) is 51.7 Å². The van der Waals surface area contributed by atoms with Crippen LogP contribution in [0.15, 0.2) is 24.3 Å². The van der Waals surface area contributed by atoms with E-state index >= 15 is 0 Å². The number of esters is 2. The summed E-state index contributed by atoms with van der Waals surface area (Å²) in [6, 6.07) is 4.78. The molecule has 38 heavy (non-hydrogen) atoms. The molecule has 0 saturated carbocycles. The Labute approximate surface area is 225 Å². The molecule has 0 bridgehead atoms. The zero-order valence-corrected chi connectivity index (χ0v) is 22.6. The van der Waals surface area contributed by atoms with E-state index in [1.165, 1.54) is 12.1 Å². The maximum atomic E-state index is 11.7. The van der Waals surface area contributed by atoms with Gasteiger partial charge >= 0.3 is 17.9 Å². The SMILES string of the molecule is CC[C@H](C)[C@H](N)C(=O)OC(=O)CCCCCC(N)CCCCC(N)=O.N[C@@H](Cc1ccc(O)cc1)C(=O)O. The topological polar surface area (TPSA) is 222 Å². The molecule has 1 unspecified atom stereocenters. The number of benzene rings is 1. The van der Waals surface area contributed by atoms with Gasteiger partial charge in [-0.05, 0) is 55.7 Å². The molecule has 0 aliphatic rings. The molecule has 0 aromatic heterocycles. The fraction of sp³-hybridized carbons (Fsp3) is 0.630. The fourth-order valence-corrected chi connectivity index (χ4v) is 3.39. The molecule has 0 fully saturated rings. The molecule has 1 rings (SSSR count).